The van der Waals surface area contributed by atoms with Gasteiger partial charge in [-0.3, -0.25) is 18.7 Å². The zero-order valence-electron chi connectivity index (χ0n) is 18.6. The van der Waals surface area contributed by atoms with E-state index in [1.807, 2.05) is 19.1 Å². The van der Waals surface area contributed by atoms with E-state index >= 15 is 0 Å². The lowest BCUT2D eigenvalue weighted by molar-refractivity contribution is -0.113. The normalized spacial score (nSPS) is 11.5. The molecule has 0 fully saturated rings. The summed E-state index contributed by atoms with van der Waals surface area (Å²) in [5.74, 6) is -1.83. The molecular formula is C23H22ClFN4O4S. The van der Waals surface area contributed by atoms with Gasteiger partial charge in [0.05, 0.1) is 16.5 Å². The Morgan fingerprint density at radius 1 is 1.15 bits per heavy atom. The molecule has 3 aromatic rings. The molecule has 0 aliphatic heterocycles. The van der Waals surface area contributed by atoms with Crippen LogP contribution in [0.1, 0.15) is 18.1 Å². The van der Waals surface area contributed by atoms with Crippen LogP contribution in [0.2, 0.25) is 5.02 Å². The molecule has 178 valence electrons. The van der Waals surface area contributed by atoms with Crippen molar-refractivity contribution in [2.45, 2.75) is 13.3 Å². The van der Waals surface area contributed by atoms with Gasteiger partial charge in [0.2, 0.25) is 11.8 Å². The average Bonchev–Trinajstić information content (AvgIpc) is 2.82. The summed E-state index contributed by atoms with van der Waals surface area (Å²) in [5.41, 5.74) is 0.238. The molecule has 2 aromatic carbocycles. The molecule has 0 bridgehead atoms. The number of amides is 1. The molecule has 0 radical (unpaired) electrons. The lowest BCUT2D eigenvalue weighted by Gasteiger charge is -2.13. The van der Waals surface area contributed by atoms with E-state index in [0.29, 0.717) is 11.4 Å². The first-order chi connectivity index (χ1) is 16.1. The third-order valence-electron chi connectivity index (χ3n) is 4.97. The number of aromatic nitrogens is 2. The molecule has 3 rings (SSSR count). The number of aryl methyl sites for hydroxylation is 1. The fourth-order valence-corrected chi connectivity index (χ4v) is 4.02. The number of hydrogen-bond donors (Lipinski definition) is 2. The molecule has 0 saturated heterocycles. The van der Waals surface area contributed by atoms with E-state index in [2.05, 4.69) is 10.3 Å². The molecule has 2 N–H and O–H groups in total. The summed E-state index contributed by atoms with van der Waals surface area (Å²) in [4.78, 5) is 42.0. The summed E-state index contributed by atoms with van der Waals surface area (Å²) in [6, 6.07) is 11.0. The lowest BCUT2D eigenvalue weighted by atomic mass is 10.1. The number of anilines is 1. The van der Waals surface area contributed by atoms with Gasteiger partial charge in [-0.15, -0.1) is 0 Å². The minimum absolute atomic E-state index is 0.0604. The van der Waals surface area contributed by atoms with Crippen LogP contribution in [0.25, 0.3) is 0 Å². The van der Waals surface area contributed by atoms with Gasteiger partial charge in [-0.05, 0) is 42.3 Å². The van der Waals surface area contributed by atoms with Gasteiger partial charge in [0.15, 0.2) is 0 Å². The summed E-state index contributed by atoms with van der Waals surface area (Å²) in [6.07, 6.45) is 0.835. The summed E-state index contributed by atoms with van der Waals surface area (Å²) < 4.78 is 15.1. The van der Waals surface area contributed by atoms with E-state index in [1.54, 1.807) is 12.1 Å². The molecule has 1 heterocycles. The molecule has 0 aliphatic rings. The number of aliphatic imine (C=N–C) groups is 1. The molecule has 8 nitrogen and oxygen atoms in total. The summed E-state index contributed by atoms with van der Waals surface area (Å²) in [5, 5.41) is 13.1. The Balaban J connectivity index is 1.96. The lowest BCUT2D eigenvalue weighted by Crippen LogP contribution is -2.39. The number of aromatic hydroxyl groups is 1. The largest absolute Gasteiger partial charge is 0.494 e. The first kappa shape index (κ1) is 25.3. The van der Waals surface area contributed by atoms with Gasteiger partial charge >= 0.3 is 5.69 Å². The molecule has 0 unspecified atom stereocenters. The summed E-state index contributed by atoms with van der Waals surface area (Å²) >= 11 is 6.66. The zero-order chi connectivity index (χ0) is 25.0. The topological polar surface area (TPSA) is 106 Å². The van der Waals surface area contributed by atoms with Crippen molar-refractivity contribution in [3.05, 3.63) is 85.3 Å². The van der Waals surface area contributed by atoms with Crippen molar-refractivity contribution in [2.24, 2.45) is 19.1 Å². The first-order valence-electron chi connectivity index (χ1n) is 10.2. The van der Waals surface area contributed by atoms with E-state index in [4.69, 9.17) is 11.6 Å². The third-order valence-corrected chi connectivity index (χ3v) is 6.23. The second kappa shape index (κ2) is 10.7. The van der Waals surface area contributed by atoms with Gasteiger partial charge in [0, 0.05) is 19.8 Å². The molecule has 0 aliphatic carbocycles. The van der Waals surface area contributed by atoms with E-state index in [1.165, 1.54) is 26.2 Å². The van der Waals surface area contributed by atoms with Gasteiger partial charge in [-0.25, -0.2) is 14.2 Å². The van der Waals surface area contributed by atoms with Crippen LogP contribution < -0.4 is 16.6 Å². The fourth-order valence-electron chi connectivity index (χ4n) is 3.01. The summed E-state index contributed by atoms with van der Waals surface area (Å²) in [7, 11) is 2.61. The molecule has 0 atom stereocenters. The zero-order valence-corrected chi connectivity index (χ0v) is 20.2. The van der Waals surface area contributed by atoms with Gasteiger partial charge in [-0.2, -0.15) is 0 Å². The van der Waals surface area contributed by atoms with Crippen molar-refractivity contribution in [3.63, 3.8) is 0 Å². The molecule has 1 aromatic heterocycles. The van der Waals surface area contributed by atoms with Crippen LogP contribution in [0.15, 0.2) is 57.0 Å². The number of nitrogens with zero attached hydrogens (tertiary/aromatic N) is 3. The first-order valence-corrected chi connectivity index (χ1v) is 11.5. The SMILES string of the molecule is CCc1ccc(N=C(SCC(=O)Nc2ccc(F)c(Cl)c2)c2c(O)n(C)c(=O)n(C)c2=O)cc1. The average molecular weight is 505 g/mol. The fraction of sp³-hybridized carbons (Fsp3) is 0.217. The van der Waals surface area contributed by atoms with Crippen LogP contribution >= 0.6 is 23.4 Å². The Kier molecular flexibility index (Phi) is 7.95. The van der Waals surface area contributed by atoms with Crippen LogP contribution in [-0.4, -0.2) is 30.9 Å². The van der Waals surface area contributed by atoms with Crippen LogP contribution in [0.5, 0.6) is 5.88 Å². The number of carbonyl (C=O) groups excluding carboxylic acids is 1. The minimum Gasteiger partial charge on any atom is -0.494 e. The molecule has 0 saturated carbocycles. The van der Waals surface area contributed by atoms with Gasteiger partial charge < -0.3 is 10.4 Å². The Bertz CT molecular complexity index is 1380. The molecule has 11 heteroatoms. The standard InChI is InChI=1S/C23H22ClFN4O4S/c1-4-13-5-7-14(8-6-13)27-20(19-21(31)28(2)23(33)29(3)22(19)32)34-12-18(30)26-15-9-10-17(25)16(24)11-15/h5-11,31H,4,12H2,1-3H3,(H,26,30). The molecular weight excluding hydrogens is 483 g/mol. The number of hydrogen-bond acceptors (Lipinski definition) is 6. The highest BCUT2D eigenvalue weighted by Gasteiger charge is 2.22. The van der Waals surface area contributed by atoms with Gasteiger partial charge in [0.25, 0.3) is 5.56 Å². The van der Waals surface area contributed by atoms with Crippen molar-refractivity contribution in [1.82, 2.24) is 9.13 Å². The Morgan fingerprint density at radius 3 is 2.44 bits per heavy atom. The number of benzene rings is 2. The number of halogens is 2. The maximum Gasteiger partial charge on any atom is 0.333 e. The minimum atomic E-state index is -0.747. The van der Waals surface area contributed by atoms with Crippen molar-refractivity contribution < 1.29 is 14.3 Å². The molecule has 34 heavy (non-hydrogen) atoms. The monoisotopic (exact) mass is 504 g/mol. The highest BCUT2D eigenvalue weighted by atomic mass is 35.5. The van der Waals surface area contributed by atoms with Crippen molar-refractivity contribution in [1.29, 1.82) is 0 Å². The quantitative estimate of drug-likeness (QED) is 0.394. The Hall–Kier alpha value is -3.37. The van der Waals surface area contributed by atoms with Gasteiger partial charge in [0.1, 0.15) is 16.4 Å². The number of nitrogens with one attached hydrogen (secondary N) is 1. The van der Waals surface area contributed by atoms with Crippen LogP contribution in [0.3, 0.4) is 0 Å². The predicted molar refractivity (Wildman–Crippen MR) is 133 cm³/mol. The second-order valence-corrected chi connectivity index (χ2v) is 8.68. The van der Waals surface area contributed by atoms with Crippen LogP contribution in [-0.2, 0) is 25.3 Å². The van der Waals surface area contributed by atoms with Crippen LogP contribution in [0.4, 0.5) is 15.8 Å². The predicted octanol–water partition coefficient (Wildman–Crippen LogP) is 3.59. The maximum absolute atomic E-state index is 13.4. The summed E-state index contributed by atoms with van der Waals surface area (Å²) in [6.45, 7) is 2.01. The van der Waals surface area contributed by atoms with Crippen LogP contribution in [0, 0.1) is 5.82 Å². The number of rotatable bonds is 6. The van der Waals surface area contributed by atoms with Crippen molar-refractivity contribution in [2.75, 3.05) is 11.1 Å². The Labute approximate surface area is 203 Å². The van der Waals surface area contributed by atoms with E-state index in [0.717, 1.165) is 38.9 Å². The maximum atomic E-state index is 13.4. The smallest absolute Gasteiger partial charge is 0.333 e. The van der Waals surface area contributed by atoms with E-state index < -0.39 is 28.9 Å². The number of carbonyl (C=O) groups is 1. The van der Waals surface area contributed by atoms with E-state index in [9.17, 15) is 23.9 Å². The van der Waals surface area contributed by atoms with E-state index in [-0.39, 0.29) is 21.4 Å². The van der Waals surface area contributed by atoms with Crippen molar-refractivity contribution >= 4 is 45.7 Å². The highest BCUT2D eigenvalue weighted by Crippen LogP contribution is 2.24. The second-order valence-electron chi connectivity index (χ2n) is 7.31. The van der Waals surface area contributed by atoms with Crippen molar-refractivity contribution in [3.8, 4) is 5.88 Å². The third kappa shape index (κ3) is 5.57. The van der Waals surface area contributed by atoms with Gasteiger partial charge in [-0.1, -0.05) is 42.4 Å². The number of thioether (sulfide) groups is 1. The molecule has 0 spiro atoms. The molecule has 1 amide bonds. The Morgan fingerprint density at radius 2 is 1.82 bits per heavy atom. The highest BCUT2D eigenvalue weighted by molar-refractivity contribution is 8.15.